The minimum atomic E-state index is -3.25. The highest BCUT2D eigenvalue weighted by Crippen LogP contribution is 2.23. The predicted molar refractivity (Wildman–Crippen MR) is 75.8 cm³/mol. The van der Waals surface area contributed by atoms with Crippen LogP contribution in [0, 0.1) is 0 Å². The molecule has 0 saturated carbocycles. The Morgan fingerprint density at radius 3 is 2.47 bits per heavy atom. The van der Waals surface area contributed by atoms with E-state index in [0.717, 1.165) is 6.26 Å². The molecule has 106 valence electrons. The summed E-state index contributed by atoms with van der Waals surface area (Å²) in [6.07, 6.45) is 1.15. The SMILES string of the molecule is CC(C)(CNc1ccc(Cl)cc1C(=O)O)S(C)(=O)=O. The lowest BCUT2D eigenvalue weighted by Gasteiger charge is -2.24. The third-order valence-corrected chi connectivity index (χ3v) is 5.31. The lowest BCUT2D eigenvalue weighted by atomic mass is 10.1. The first-order valence-electron chi connectivity index (χ1n) is 5.51. The summed E-state index contributed by atoms with van der Waals surface area (Å²) in [5, 5.41) is 12.2. The summed E-state index contributed by atoms with van der Waals surface area (Å²) >= 11 is 5.74. The van der Waals surface area contributed by atoms with Crippen LogP contribution in [-0.2, 0) is 9.84 Å². The van der Waals surface area contributed by atoms with E-state index >= 15 is 0 Å². The molecule has 5 nitrogen and oxygen atoms in total. The maximum Gasteiger partial charge on any atom is 0.337 e. The maximum absolute atomic E-state index is 11.6. The molecule has 7 heteroatoms. The summed E-state index contributed by atoms with van der Waals surface area (Å²) in [6, 6.07) is 4.38. The van der Waals surface area contributed by atoms with E-state index in [1.165, 1.54) is 12.1 Å². The molecule has 0 aliphatic heterocycles. The number of anilines is 1. The van der Waals surface area contributed by atoms with Gasteiger partial charge in [0.25, 0.3) is 0 Å². The molecule has 0 unspecified atom stereocenters. The van der Waals surface area contributed by atoms with Gasteiger partial charge >= 0.3 is 5.97 Å². The van der Waals surface area contributed by atoms with Crippen molar-refractivity contribution < 1.29 is 18.3 Å². The van der Waals surface area contributed by atoms with Gasteiger partial charge in [-0.05, 0) is 32.0 Å². The molecule has 0 fully saturated rings. The first kappa shape index (κ1) is 15.8. The van der Waals surface area contributed by atoms with Crippen LogP contribution in [0.4, 0.5) is 5.69 Å². The predicted octanol–water partition coefficient (Wildman–Crippen LogP) is 2.27. The molecule has 1 aromatic rings. The molecular weight excluding hydrogens is 290 g/mol. The van der Waals surface area contributed by atoms with E-state index in [1.54, 1.807) is 19.9 Å². The second-order valence-corrected chi connectivity index (χ2v) is 7.97. The fourth-order valence-electron chi connectivity index (χ4n) is 1.29. The van der Waals surface area contributed by atoms with E-state index in [1.807, 2.05) is 0 Å². The molecule has 2 N–H and O–H groups in total. The third kappa shape index (κ3) is 3.84. The van der Waals surface area contributed by atoms with Gasteiger partial charge in [-0.15, -0.1) is 0 Å². The van der Waals surface area contributed by atoms with Crippen molar-refractivity contribution in [1.82, 2.24) is 0 Å². The van der Waals surface area contributed by atoms with Gasteiger partial charge in [0.15, 0.2) is 9.84 Å². The fourth-order valence-corrected chi connectivity index (χ4v) is 1.79. The van der Waals surface area contributed by atoms with Gasteiger partial charge in [0.2, 0.25) is 0 Å². The number of benzene rings is 1. The Morgan fingerprint density at radius 2 is 2.00 bits per heavy atom. The molecule has 1 aromatic carbocycles. The van der Waals surface area contributed by atoms with Crippen molar-refractivity contribution in [3.05, 3.63) is 28.8 Å². The number of rotatable bonds is 5. The van der Waals surface area contributed by atoms with Gasteiger partial charge in [-0.2, -0.15) is 0 Å². The van der Waals surface area contributed by atoms with Crippen molar-refractivity contribution in [3.8, 4) is 0 Å². The van der Waals surface area contributed by atoms with Gasteiger partial charge in [-0.25, -0.2) is 13.2 Å². The molecular formula is C12H16ClNO4S. The number of sulfone groups is 1. The van der Waals surface area contributed by atoms with Crippen molar-refractivity contribution in [2.45, 2.75) is 18.6 Å². The number of carboxylic acid groups (broad SMARTS) is 1. The number of carboxylic acids is 1. The molecule has 0 amide bonds. The standard InChI is InChI=1S/C12H16ClNO4S/c1-12(2,19(3,17)18)7-14-10-5-4-8(13)6-9(10)11(15)16/h4-6,14H,7H2,1-3H3,(H,15,16). The smallest absolute Gasteiger partial charge is 0.337 e. The zero-order chi connectivity index (χ0) is 14.8. The molecule has 0 saturated heterocycles. The summed E-state index contributed by atoms with van der Waals surface area (Å²) < 4.78 is 22.1. The van der Waals surface area contributed by atoms with Gasteiger partial charge in [0.1, 0.15) is 0 Å². The van der Waals surface area contributed by atoms with Crippen molar-refractivity contribution in [2.24, 2.45) is 0 Å². The monoisotopic (exact) mass is 305 g/mol. The molecule has 0 aliphatic carbocycles. The van der Waals surface area contributed by atoms with E-state index in [9.17, 15) is 13.2 Å². The van der Waals surface area contributed by atoms with Gasteiger partial charge in [0.05, 0.1) is 10.3 Å². The minimum absolute atomic E-state index is 0.0109. The second-order valence-electron chi connectivity index (χ2n) is 4.88. The van der Waals surface area contributed by atoms with Crippen molar-refractivity contribution >= 4 is 33.1 Å². The molecule has 0 radical (unpaired) electrons. The summed E-state index contributed by atoms with van der Waals surface area (Å²) in [6.45, 7) is 3.26. The molecule has 0 heterocycles. The highest BCUT2D eigenvalue weighted by Gasteiger charge is 2.30. The summed E-state index contributed by atoms with van der Waals surface area (Å²) in [5.74, 6) is -1.12. The van der Waals surface area contributed by atoms with Crippen LogP contribution in [-0.4, -0.2) is 37.0 Å². The number of hydrogen-bond donors (Lipinski definition) is 2. The average molecular weight is 306 g/mol. The van der Waals surface area contributed by atoms with Crippen LogP contribution in [0.5, 0.6) is 0 Å². The fraction of sp³-hybridized carbons (Fsp3) is 0.417. The molecule has 0 spiro atoms. The van der Waals surface area contributed by atoms with E-state index in [2.05, 4.69) is 5.32 Å². The van der Waals surface area contributed by atoms with Crippen LogP contribution < -0.4 is 5.32 Å². The molecule has 19 heavy (non-hydrogen) atoms. The van der Waals surface area contributed by atoms with Crippen molar-refractivity contribution in [1.29, 1.82) is 0 Å². The Hall–Kier alpha value is -1.27. The lowest BCUT2D eigenvalue weighted by Crippen LogP contribution is -2.38. The largest absolute Gasteiger partial charge is 0.478 e. The molecule has 0 aromatic heterocycles. The first-order chi connectivity index (χ1) is 8.54. The van der Waals surface area contributed by atoms with Crippen LogP contribution in [0.3, 0.4) is 0 Å². The first-order valence-corrected chi connectivity index (χ1v) is 7.78. The quantitative estimate of drug-likeness (QED) is 0.872. The Balaban J connectivity index is 2.99. The van der Waals surface area contributed by atoms with Gasteiger partial charge in [0, 0.05) is 23.5 Å². The number of carbonyl (C=O) groups is 1. The van der Waals surface area contributed by atoms with Crippen molar-refractivity contribution in [3.63, 3.8) is 0 Å². The summed E-state index contributed by atoms with van der Waals surface area (Å²) in [4.78, 5) is 11.1. The highest BCUT2D eigenvalue weighted by molar-refractivity contribution is 7.92. The van der Waals surface area contributed by atoms with Gasteiger partial charge in [-0.1, -0.05) is 11.6 Å². The van der Waals surface area contributed by atoms with Crippen LogP contribution in [0.2, 0.25) is 5.02 Å². The molecule has 1 rings (SSSR count). The van der Waals surface area contributed by atoms with Gasteiger partial charge in [-0.3, -0.25) is 0 Å². The Morgan fingerprint density at radius 1 is 1.42 bits per heavy atom. The summed E-state index contributed by atoms with van der Waals surface area (Å²) in [7, 11) is -3.25. The van der Waals surface area contributed by atoms with E-state index in [4.69, 9.17) is 16.7 Å². The topological polar surface area (TPSA) is 83.5 Å². The molecule has 0 aliphatic rings. The van der Waals surface area contributed by atoms with Crippen LogP contribution in [0.25, 0.3) is 0 Å². The maximum atomic E-state index is 11.6. The number of nitrogens with one attached hydrogen (secondary N) is 1. The Bertz CT molecular complexity index is 596. The number of aromatic carboxylic acids is 1. The van der Waals surface area contributed by atoms with E-state index < -0.39 is 20.6 Å². The zero-order valence-corrected chi connectivity index (χ0v) is 12.5. The lowest BCUT2D eigenvalue weighted by molar-refractivity contribution is 0.0698. The molecule has 0 atom stereocenters. The third-order valence-electron chi connectivity index (χ3n) is 2.92. The number of hydrogen-bond acceptors (Lipinski definition) is 4. The Labute approximate surface area is 117 Å². The van der Waals surface area contributed by atoms with E-state index in [-0.39, 0.29) is 12.1 Å². The second kappa shape index (κ2) is 5.38. The average Bonchev–Trinajstić information content (AvgIpc) is 2.25. The summed E-state index contributed by atoms with van der Waals surface area (Å²) in [5.41, 5.74) is 0.352. The van der Waals surface area contributed by atoms with Crippen molar-refractivity contribution in [2.75, 3.05) is 18.1 Å². The molecule has 0 bridgehead atoms. The van der Waals surface area contributed by atoms with Crippen LogP contribution >= 0.6 is 11.6 Å². The normalized spacial score (nSPS) is 12.2. The highest BCUT2D eigenvalue weighted by atomic mass is 35.5. The van der Waals surface area contributed by atoms with Crippen LogP contribution in [0.1, 0.15) is 24.2 Å². The van der Waals surface area contributed by atoms with E-state index in [0.29, 0.717) is 10.7 Å². The Kier molecular flexibility index (Phi) is 4.47. The van der Waals surface area contributed by atoms with Crippen LogP contribution in [0.15, 0.2) is 18.2 Å². The number of halogens is 1. The van der Waals surface area contributed by atoms with Gasteiger partial charge < -0.3 is 10.4 Å². The zero-order valence-electron chi connectivity index (χ0n) is 10.9. The minimum Gasteiger partial charge on any atom is -0.478 e.